The van der Waals surface area contributed by atoms with Crippen molar-refractivity contribution in [2.45, 2.75) is 18.9 Å². The summed E-state index contributed by atoms with van der Waals surface area (Å²) < 4.78 is 10.4. The fourth-order valence-electron chi connectivity index (χ4n) is 3.03. The van der Waals surface area contributed by atoms with E-state index in [2.05, 4.69) is 20.4 Å². The van der Waals surface area contributed by atoms with E-state index in [4.69, 9.17) is 26.6 Å². The van der Waals surface area contributed by atoms with E-state index in [0.717, 1.165) is 13.0 Å². The number of primary amides is 1. The van der Waals surface area contributed by atoms with Gasteiger partial charge < -0.3 is 25.2 Å². The number of hydrogen-bond acceptors (Lipinski definition) is 8. The van der Waals surface area contributed by atoms with E-state index < -0.39 is 18.1 Å². The van der Waals surface area contributed by atoms with Crippen molar-refractivity contribution in [1.29, 1.82) is 0 Å². The molecule has 2 unspecified atom stereocenters. The smallest absolute Gasteiger partial charge is 0.405 e. The number of rotatable bonds is 6. The van der Waals surface area contributed by atoms with Gasteiger partial charge in [-0.15, -0.1) is 0 Å². The number of nitrogens with zero attached hydrogens (tertiary/aromatic N) is 4. The van der Waals surface area contributed by atoms with Crippen LogP contribution in [0, 0.1) is 5.92 Å². The lowest BCUT2D eigenvalue weighted by molar-refractivity contribution is 0.0732. The Hall–Kier alpha value is -2.88. The van der Waals surface area contributed by atoms with Crippen LogP contribution in [-0.4, -0.2) is 47.3 Å². The number of amides is 2. The van der Waals surface area contributed by atoms with Crippen LogP contribution in [0.1, 0.15) is 35.2 Å². The molecule has 1 aliphatic heterocycles. The van der Waals surface area contributed by atoms with Crippen molar-refractivity contribution in [3.8, 4) is 0 Å². The van der Waals surface area contributed by atoms with Crippen molar-refractivity contribution in [3.63, 3.8) is 0 Å². The van der Waals surface area contributed by atoms with Crippen LogP contribution in [0.5, 0.6) is 0 Å². The van der Waals surface area contributed by atoms with Gasteiger partial charge in [-0.25, -0.2) is 14.8 Å². The zero-order valence-corrected chi connectivity index (χ0v) is 15.3. The minimum atomic E-state index is -0.925. The van der Waals surface area contributed by atoms with Crippen LogP contribution in [0.25, 0.3) is 0 Å². The highest BCUT2D eigenvalue weighted by Crippen LogP contribution is 2.32. The van der Waals surface area contributed by atoms with E-state index in [1.807, 2.05) is 4.90 Å². The second-order valence-corrected chi connectivity index (χ2v) is 6.52. The molecule has 0 spiro atoms. The molecular formula is C16H19ClN6O4. The molecule has 3 rings (SSSR count). The molecule has 0 bridgehead atoms. The van der Waals surface area contributed by atoms with Crippen molar-refractivity contribution in [2.75, 3.05) is 25.0 Å². The summed E-state index contributed by atoms with van der Waals surface area (Å²) in [6, 6.07) is 3.06. The van der Waals surface area contributed by atoms with Crippen molar-refractivity contribution in [1.82, 2.24) is 20.4 Å². The first-order valence-corrected chi connectivity index (χ1v) is 8.72. The van der Waals surface area contributed by atoms with Crippen LogP contribution in [0.15, 0.2) is 22.9 Å². The first kappa shape index (κ1) is 18.9. The van der Waals surface area contributed by atoms with Crippen LogP contribution < -0.4 is 16.0 Å². The summed E-state index contributed by atoms with van der Waals surface area (Å²) in [6.07, 6.45) is 1.24. The predicted octanol–water partition coefficient (Wildman–Crippen LogP) is 1.53. The van der Waals surface area contributed by atoms with E-state index >= 15 is 0 Å². The first-order valence-electron chi connectivity index (χ1n) is 8.34. The Morgan fingerprint density at radius 2 is 2.37 bits per heavy atom. The van der Waals surface area contributed by atoms with Gasteiger partial charge in [-0.1, -0.05) is 16.8 Å². The number of carbonyl (C=O) groups excluding carboxylic acids is 2. The lowest BCUT2D eigenvalue weighted by Crippen LogP contribution is -2.24. The molecule has 2 aromatic rings. The van der Waals surface area contributed by atoms with Gasteiger partial charge in [0.15, 0.2) is 17.6 Å². The zero-order valence-electron chi connectivity index (χ0n) is 14.6. The molecular weight excluding hydrogens is 376 g/mol. The molecule has 3 N–H and O–H groups in total. The number of nitrogens with one attached hydrogen (secondary N) is 1. The summed E-state index contributed by atoms with van der Waals surface area (Å²) in [4.78, 5) is 33.4. The fraction of sp³-hybridized carbons (Fsp3) is 0.438. The van der Waals surface area contributed by atoms with E-state index in [-0.39, 0.29) is 17.4 Å². The molecule has 1 aliphatic rings. The maximum absolute atomic E-state index is 11.6. The van der Waals surface area contributed by atoms with Gasteiger partial charge in [0.2, 0.25) is 5.95 Å². The maximum Gasteiger partial charge on any atom is 0.405 e. The normalized spacial score (nSPS) is 17.6. The fourth-order valence-corrected chi connectivity index (χ4v) is 3.16. The zero-order chi connectivity index (χ0) is 19.4. The van der Waals surface area contributed by atoms with E-state index in [9.17, 15) is 9.59 Å². The van der Waals surface area contributed by atoms with Gasteiger partial charge in [0, 0.05) is 32.4 Å². The minimum Gasteiger partial charge on any atom is -0.438 e. The molecule has 11 heteroatoms. The molecule has 10 nitrogen and oxygen atoms in total. The second-order valence-electron chi connectivity index (χ2n) is 6.13. The third-order valence-corrected chi connectivity index (χ3v) is 4.50. The van der Waals surface area contributed by atoms with Crippen LogP contribution >= 0.6 is 11.6 Å². The maximum atomic E-state index is 11.6. The first-order chi connectivity index (χ1) is 13.0. The largest absolute Gasteiger partial charge is 0.438 e. The predicted molar refractivity (Wildman–Crippen MR) is 95.3 cm³/mol. The van der Waals surface area contributed by atoms with Gasteiger partial charge in [-0.05, 0) is 24.8 Å². The summed E-state index contributed by atoms with van der Waals surface area (Å²) >= 11 is 5.92. The summed E-state index contributed by atoms with van der Waals surface area (Å²) in [5, 5.41) is 6.53. The number of hydrogen-bond donors (Lipinski definition) is 2. The number of ether oxygens (including phenoxy) is 1. The lowest BCUT2D eigenvalue weighted by Gasteiger charge is -2.19. The Morgan fingerprint density at radius 3 is 3.07 bits per heavy atom. The molecule has 3 heterocycles. The van der Waals surface area contributed by atoms with Gasteiger partial charge >= 0.3 is 6.09 Å². The molecule has 2 aromatic heterocycles. The number of carbonyl (C=O) groups is 2. The standard InChI is InChI=1S/C16H19ClN6O4/c1-19-14(24)10-7-12(27-22-10)11(26-15(18)25)6-9-3-5-23(8-9)16-20-4-2-13(17)21-16/h2,4,7,9,11H,3,5-6,8H2,1H3,(H2,18,25)(H,19,24). The number of nitrogens with two attached hydrogens (primary N) is 1. The van der Waals surface area contributed by atoms with Crippen LogP contribution in [0.3, 0.4) is 0 Å². The molecule has 1 saturated heterocycles. The number of halogens is 1. The highest BCUT2D eigenvalue weighted by atomic mass is 35.5. The molecule has 0 aromatic carbocycles. The Labute approximate surface area is 160 Å². The van der Waals surface area contributed by atoms with E-state index in [0.29, 0.717) is 24.1 Å². The molecule has 2 atom stereocenters. The number of aromatic nitrogens is 3. The van der Waals surface area contributed by atoms with Crippen molar-refractivity contribution >= 4 is 29.5 Å². The quantitative estimate of drug-likeness (QED) is 0.703. The van der Waals surface area contributed by atoms with Crippen molar-refractivity contribution in [2.24, 2.45) is 11.7 Å². The summed E-state index contributed by atoms with van der Waals surface area (Å²) in [5.74, 6) is 0.599. The monoisotopic (exact) mass is 394 g/mol. The minimum absolute atomic E-state index is 0.103. The van der Waals surface area contributed by atoms with Gasteiger partial charge in [-0.3, -0.25) is 4.79 Å². The van der Waals surface area contributed by atoms with Crippen molar-refractivity contribution in [3.05, 3.63) is 34.9 Å². The lowest BCUT2D eigenvalue weighted by atomic mass is 9.99. The summed E-state index contributed by atoms with van der Waals surface area (Å²) in [6.45, 7) is 1.41. The topological polar surface area (TPSA) is 136 Å². The van der Waals surface area contributed by atoms with Gasteiger partial charge in [0.05, 0.1) is 0 Å². The SMILES string of the molecule is CNC(=O)c1cc(C(CC2CCN(c3nccc(Cl)n3)C2)OC(N)=O)on1. The Balaban J connectivity index is 1.69. The Morgan fingerprint density at radius 1 is 1.56 bits per heavy atom. The number of anilines is 1. The van der Waals surface area contributed by atoms with E-state index in [1.165, 1.54) is 13.1 Å². The average molecular weight is 395 g/mol. The molecule has 2 amide bonds. The summed E-state index contributed by atoms with van der Waals surface area (Å²) in [5.41, 5.74) is 5.29. The Bertz CT molecular complexity index is 829. The van der Waals surface area contributed by atoms with E-state index in [1.54, 1.807) is 12.3 Å². The Kier molecular flexibility index (Phi) is 5.75. The summed E-state index contributed by atoms with van der Waals surface area (Å²) in [7, 11) is 1.49. The molecule has 144 valence electrons. The highest BCUT2D eigenvalue weighted by Gasteiger charge is 2.31. The third-order valence-electron chi connectivity index (χ3n) is 4.29. The van der Waals surface area contributed by atoms with Crippen LogP contribution in [-0.2, 0) is 4.74 Å². The van der Waals surface area contributed by atoms with Gasteiger partial charge in [-0.2, -0.15) is 0 Å². The third kappa shape index (κ3) is 4.64. The highest BCUT2D eigenvalue weighted by molar-refractivity contribution is 6.29. The molecule has 0 aliphatic carbocycles. The average Bonchev–Trinajstić information content (AvgIpc) is 3.30. The van der Waals surface area contributed by atoms with Crippen LogP contribution in [0.2, 0.25) is 5.15 Å². The molecule has 0 saturated carbocycles. The second kappa shape index (κ2) is 8.21. The van der Waals surface area contributed by atoms with Crippen molar-refractivity contribution < 1.29 is 18.8 Å². The molecule has 0 radical (unpaired) electrons. The van der Waals surface area contributed by atoms with Gasteiger partial charge in [0.1, 0.15) is 5.15 Å². The molecule has 1 fully saturated rings. The van der Waals surface area contributed by atoms with Crippen LogP contribution in [0.4, 0.5) is 10.7 Å². The van der Waals surface area contributed by atoms with Gasteiger partial charge in [0.25, 0.3) is 5.91 Å². The molecule has 27 heavy (non-hydrogen) atoms.